The fourth-order valence-corrected chi connectivity index (χ4v) is 3.54. The fraction of sp³-hybridized carbons (Fsp3) is 0.333. The first-order chi connectivity index (χ1) is 13.8. The molecule has 2 aromatic rings. The van der Waals surface area contributed by atoms with Gasteiger partial charge in [-0.2, -0.15) is 0 Å². The molecule has 29 heavy (non-hydrogen) atoms. The summed E-state index contributed by atoms with van der Waals surface area (Å²) in [5.41, 5.74) is 6.09. The number of hydrogen-bond acceptors (Lipinski definition) is 3. The van der Waals surface area contributed by atoms with E-state index in [1.807, 2.05) is 0 Å². The van der Waals surface area contributed by atoms with Crippen LogP contribution in [0.4, 0.5) is 13.2 Å². The maximum absolute atomic E-state index is 13.7. The first kappa shape index (κ1) is 20.9. The molecule has 2 amide bonds. The summed E-state index contributed by atoms with van der Waals surface area (Å²) in [6.07, 6.45) is 1.58. The van der Waals surface area contributed by atoms with Crippen LogP contribution in [0.1, 0.15) is 40.2 Å². The third kappa shape index (κ3) is 5.14. The van der Waals surface area contributed by atoms with Crippen LogP contribution in [0.15, 0.2) is 36.4 Å². The third-order valence-electron chi connectivity index (χ3n) is 5.11. The molecule has 1 fully saturated rings. The van der Waals surface area contributed by atoms with Crippen molar-refractivity contribution in [2.45, 2.75) is 25.3 Å². The Bertz CT molecular complexity index is 920. The average Bonchev–Trinajstić information content (AvgIpc) is 2.69. The summed E-state index contributed by atoms with van der Waals surface area (Å²) in [5.74, 6) is -2.98. The molecule has 0 bridgehead atoms. The molecule has 1 atom stereocenters. The van der Waals surface area contributed by atoms with E-state index in [-0.39, 0.29) is 36.0 Å². The maximum Gasteiger partial charge on any atom is 0.251 e. The van der Waals surface area contributed by atoms with Crippen LogP contribution < -0.4 is 11.1 Å². The van der Waals surface area contributed by atoms with E-state index < -0.39 is 23.4 Å². The Morgan fingerprint density at radius 2 is 1.90 bits per heavy atom. The highest BCUT2D eigenvalue weighted by atomic mass is 19.1. The second-order valence-corrected chi connectivity index (χ2v) is 7.12. The molecule has 1 saturated heterocycles. The van der Waals surface area contributed by atoms with Crippen molar-refractivity contribution in [1.29, 1.82) is 0 Å². The number of hydrogen-bond donors (Lipinski definition) is 2. The molecule has 3 N–H and O–H groups in total. The molecule has 1 aliphatic rings. The molecular formula is C21H22F3N3O2. The predicted octanol–water partition coefficient (Wildman–Crippen LogP) is 2.70. The number of benzene rings is 2. The van der Waals surface area contributed by atoms with Crippen LogP contribution in [0.3, 0.4) is 0 Å². The summed E-state index contributed by atoms with van der Waals surface area (Å²) >= 11 is 0. The van der Waals surface area contributed by atoms with Crippen molar-refractivity contribution in [3.8, 4) is 0 Å². The maximum atomic E-state index is 13.7. The Morgan fingerprint density at radius 1 is 1.10 bits per heavy atom. The van der Waals surface area contributed by atoms with Gasteiger partial charge in [-0.25, -0.2) is 13.2 Å². The first-order valence-electron chi connectivity index (χ1n) is 9.37. The highest BCUT2D eigenvalue weighted by molar-refractivity contribution is 5.93. The van der Waals surface area contributed by atoms with E-state index in [0.29, 0.717) is 13.1 Å². The number of piperidine rings is 1. The van der Waals surface area contributed by atoms with Crippen molar-refractivity contribution in [3.63, 3.8) is 0 Å². The standard InChI is InChI=1S/C21H22F3N3O2/c22-16-5-3-14(19(24)9-16)10-26-11-20(28)27-7-1-2-15(12-27)13-4-6-18(23)17(8-13)21(25)29/h3-6,8-9,15,26H,1-2,7,10-12H2,(H2,25,29). The largest absolute Gasteiger partial charge is 0.366 e. The monoisotopic (exact) mass is 405 g/mol. The Morgan fingerprint density at radius 3 is 2.62 bits per heavy atom. The zero-order valence-corrected chi connectivity index (χ0v) is 15.8. The minimum atomic E-state index is -0.828. The molecule has 5 nitrogen and oxygen atoms in total. The lowest BCUT2D eigenvalue weighted by Gasteiger charge is -2.33. The summed E-state index contributed by atoms with van der Waals surface area (Å²) in [7, 11) is 0. The number of likely N-dealkylation sites (tertiary alicyclic amines) is 1. The van der Waals surface area contributed by atoms with Gasteiger partial charge in [0.2, 0.25) is 5.91 Å². The third-order valence-corrected chi connectivity index (χ3v) is 5.11. The van der Waals surface area contributed by atoms with Gasteiger partial charge in [-0.3, -0.25) is 9.59 Å². The van der Waals surface area contributed by atoms with Crippen molar-refractivity contribution >= 4 is 11.8 Å². The van der Waals surface area contributed by atoms with Gasteiger partial charge >= 0.3 is 0 Å². The topological polar surface area (TPSA) is 75.4 Å². The van der Waals surface area contributed by atoms with Crippen LogP contribution in [-0.4, -0.2) is 36.3 Å². The number of rotatable bonds is 6. The molecule has 0 saturated carbocycles. The summed E-state index contributed by atoms with van der Waals surface area (Å²) in [5, 5.41) is 2.88. The summed E-state index contributed by atoms with van der Waals surface area (Å²) in [6.45, 7) is 1.15. The van der Waals surface area contributed by atoms with Crippen LogP contribution in [-0.2, 0) is 11.3 Å². The highest BCUT2D eigenvalue weighted by Gasteiger charge is 2.25. The lowest BCUT2D eigenvalue weighted by Crippen LogP contribution is -2.43. The second kappa shape index (κ2) is 9.09. The van der Waals surface area contributed by atoms with Crippen molar-refractivity contribution in [2.24, 2.45) is 5.73 Å². The van der Waals surface area contributed by atoms with Crippen LogP contribution in [0.5, 0.6) is 0 Å². The van der Waals surface area contributed by atoms with Crippen molar-refractivity contribution < 1.29 is 22.8 Å². The van der Waals surface area contributed by atoms with Gasteiger partial charge in [-0.15, -0.1) is 0 Å². The summed E-state index contributed by atoms with van der Waals surface area (Å²) in [4.78, 5) is 25.6. The molecule has 0 spiro atoms. The van der Waals surface area contributed by atoms with Gasteiger partial charge in [0.25, 0.3) is 5.91 Å². The zero-order valence-electron chi connectivity index (χ0n) is 15.8. The average molecular weight is 405 g/mol. The molecule has 0 radical (unpaired) electrons. The van der Waals surface area contributed by atoms with Gasteiger partial charge in [0.1, 0.15) is 17.5 Å². The number of halogens is 3. The van der Waals surface area contributed by atoms with E-state index in [1.165, 1.54) is 24.3 Å². The second-order valence-electron chi connectivity index (χ2n) is 7.12. The molecule has 2 aromatic carbocycles. The molecule has 154 valence electrons. The van der Waals surface area contributed by atoms with E-state index in [4.69, 9.17) is 5.73 Å². The lowest BCUT2D eigenvalue weighted by molar-refractivity contribution is -0.131. The Kier molecular flexibility index (Phi) is 6.53. The van der Waals surface area contributed by atoms with Gasteiger partial charge < -0.3 is 16.0 Å². The van der Waals surface area contributed by atoms with Crippen LogP contribution >= 0.6 is 0 Å². The number of nitrogens with zero attached hydrogens (tertiary/aromatic N) is 1. The van der Waals surface area contributed by atoms with Gasteiger partial charge in [0, 0.05) is 37.2 Å². The van der Waals surface area contributed by atoms with E-state index in [0.717, 1.165) is 24.5 Å². The van der Waals surface area contributed by atoms with E-state index in [2.05, 4.69) is 5.32 Å². The normalized spacial score (nSPS) is 16.7. The van der Waals surface area contributed by atoms with Gasteiger partial charge in [0.05, 0.1) is 12.1 Å². The molecular weight excluding hydrogens is 383 g/mol. The number of primary amides is 1. The van der Waals surface area contributed by atoms with Crippen molar-refractivity contribution in [2.75, 3.05) is 19.6 Å². The van der Waals surface area contributed by atoms with Crippen LogP contribution in [0.25, 0.3) is 0 Å². The number of carbonyl (C=O) groups is 2. The Labute approximate surface area is 166 Å². The van der Waals surface area contributed by atoms with Crippen molar-refractivity contribution in [3.05, 3.63) is 70.5 Å². The van der Waals surface area contributed by atoms with Gasteiger partial charge in [0.15, 0.2) is 0 Å². The minimum absolute atomic E-state index is 0.0134. The quantitative estimate of drug-likeness (QED) is 0.776. The molecule has 1 unspecified atom stereocenters. The Hall–Kier alpha value is -2.87. The summed E-state index contributed by atoms with van der Waals surface area (Å²) in [6, 6.07) is 7.58. The number of amides is 2. The SMILES string of the molecule is NC(=O)c1cc(C2CCCN(C(=O)CNCc3ccc(F)cc3F)C2)ccc1F. The lowest BCUT2D eigenvalue weighted by atomic mass is 9.89. The molecule has 1 heterocycles. The Balaban J connectivity index is 1.58. The summed E-state index contributed by atoms with van der Waals surface area (Å²) < 4.78 is 40.3. The van der Waals surface area contributed by atoms with E-state index in [9.17, 15) is 22.8 Å². The molecule has 0 aromatic heterocycles. The minimum Gasteiger partial charge on any atom is -0.366 e. The molecule has 3 rings (SSSR count). The van der Waals surface area contributed by atoms with Crippen LogP contribution in [0.2, 0.25) is 0 Å². The number of nitrogens with two attached hydrogens (primary N) is 1. The predicted molar refractivity (Wildman–Crippen MR) is 102 cm³/mol. The van der Waals surface area contributed by atoms with Crippen molar-refractivity contribution in [1.82, 2.24) is 10.2 Å². The van der Waals surface area contributed by atoms with Crippen LogP contribution in [0, 0.1) is 17.5 Å². The van der Waals surface area contributed by atoms with Gasteiger partial charge in [-0.1, -0.05) is 12.1 Å². The van der Waals surface area contributed by atoms with Gasteiger partial charge in [-0.05, 0) is 36.6 Å². The number of nitrogens with one attached hydrogen (secondary N) is 1. The zero-order chi connectivity index (χ0) is 21.0. The smallest absolute Gasteiger partial charge is 0.251 e. The molecule has 1 aliphatic heterocycles. The number of carbonyl (C=O) groups excluding carboxylic acids is 2. The fourth-order valence-electron chi connectivity index (χ4n) is 3.54. The van der Waals surface area contributed by atoms with E-state index >= 15 is 0 Å². The molecule has 8 heteroatoms. The molecule has 0 aliphatic carbocycles. The first-order valence-corrected chi connectivity index (χ1v) is 9.37. The van der Waals surface area contributed by atoms with E-state index in [1.54, 1.807) is 11.0 Å². The highest BCUT2D eigenvalue weighted by Crippen LogP contribution is 2.28.